The van der Waals surface area contributed by atoms with Crippen LogP contribution in [0.3, 0.4) is 0 Å². The Labute approximate surface area is 284 Å². The molecule has 0 saturated heterocycles. The number of fused-ring (bicyclic) bond motifs is 11. The minimum Gasteiger partial charge on any atom is -0.454 e. The first-order valence-electron chi connectivity index (χ1n) is 16.5. The van der Waals surface area contributed by atoms with Crippen LogP contribution in [0, 0.1) is 0 Å². The highest BCUT2D eigenvalue weighted by Crippen LogP contribution is 2.44. The molecule has 0 amide bonds. The topological polar surface area (TPSA) is 31.0 Å². The van der Waals surface area contributed by atoms with Crippen LogP contribution in [-0.2, 0) is 0 Å². The standard InChI is InChI=1S/C45H26N2OS/c1-5-19-37-35(17-1)41(42-36-18-4-8-22-40(36)49-45(42)46-37)29-13-9-11-27(25-29)28-12-10-14-30(26-28)47-38-20-6-2-15-31(38)33-23-24-34-32-16-3-7-21-39(32)48-44(34)43(33)47/h1-26H. The zero-order chi connectivity index (χ0) is 32.1. The van der Waals surface area contributed by atoms with Gasteiger partial charge in [0, 0.05) is 53.7 Å². The Balaban J connectivity index is 1.15. The van der Waals surface area contributed by atoms with Crippen LogP contribution in [-0.4, -0.2) is 9.55 Å². The van der Waals surface area contributed by atoms with Gasteiger partial charge in [-0.15, -0.1) is 11.3 Å². The van der Waals surface area contributed by atoms with Gasteiger partial charge in [0.05, 0.1) is 16.6 Å². The molecule has 0 atom stereocenters. The maximum atomic E-state index is 6.61. The Morgan fingerprint density at radius 1 is 0.510 bits per heavy atom. The summed E-state index contributed by atoms with van der Waals surface area (Å²) in [5.74, 6) is 0. The second-order valence-corrected chi connectivity index (χ2v) is 13.7. The van der Waals surface area contributed by atoms with E-state index in [2.05, 4.69) is 156 Å². The molecule has 4 aromatic heterocycles. The monoisotopic (exact) mass is 642 g/mol. The summed E-state index contributed by atoms with van der Waals surface area (Å²) in [4.78, 5) is 6.19. The van der Waals surface area contributed by atoms with Crippen molar-refractivity contribution in [2.24, 2.45) is 0 Å². The Morgan fingerprint density at radius 2 is 1.20 bits per heavy atom. The highest BCUT2D eigenvalue weighted by atomic mass is 32.1. The van der Waals surface area contributed by atoms with Crippen molar-refractivity contribution in [3.63, 3.8) is 0 Å². The predicted molar refractivity (Wildman–Crippen MR) is 207 cm³/mol. The number of hydrogen-bond acceptors (Lipinski definition) is 3. The van der Waals surface area contributed by atoms with Crippen molar-refractivity contribution in [1.29, 1.82) is 0 Å². The van der Waals surface area contributed by atoms with E-state index >= 15 is 0 Å². The maximum Gasteiger partial charge on any atom is 0.160 e. The van der Waals surface area contributed by atoms with Gasteiger partial charge in [-0.3, -0.25) is 0 Å². The van der Waals surface area contributed by atoms with Crippen molar-refractivity contribution in [3.05, 3.63) is 158 Å². The molecule has 11 aromatic rings. The molecule has 0 aliphatic carbocycles. The summed E-state index contributed by atoms with van der Waals surface area (Å²) in [5.41, 5.74) is 11.0. The molecule has 0 aliphatic heterocycles. The zero-order valence-corrected chi connectivity index (χ0v) is 27.0. The van der Waals surface area contributed by atoms with Crippen molar-refractivity contribution in [2.75, 3.05) is 0 Å². The summed E-state index contributed by atoms with van der Waals surface area (Å²) >= 11 is 1.77. The lowest BCUT2D eigenvalue weighted by atomic mass is 9.93. The van der Waals surface area contributed by atoms with Crippen LogP contribution in [0.1, 0.15) is 0 Å². The van der Waals surface area contributed by atoms with Gasteiger partial charge in [0.1, 0.15) is 10.4 Å². The predicted octanol–water partition coefficient (Wildman–Crippen LogP) is 12.9. The van der Waals surface area contributed by atoms with Gasteiger partial charge in [0.15, 0.2) is 5.58 Å². The minimum atomic E-state index is 0.906. The van der Waals surface area contributed by atoms with E-state index < -0.39 is 0 Å². The van der Waals surface area contributed by atoms with E-state index in [-0.39, 0.29) is 0 Å². The van der Waals surface area contributed by atoms with E-state index in [0.717, 1.165) is 54.6 Å². The smallest absolute Gasteiger partial charge is 0.160 e. The molecule has 228 valence electrons. The van der Waals surface area contributed by atoms with Crippen LogP contribution in [0.25, 0.3) is 103 Å². The summed E-state index contributed by atoms with van der Waals surface area (Å²) in [6, 6.07) is 56.5. The van der Waals surface area contributed by atoms with E-state index in [0.29, 0.717) is 0 Å². The summed E-state index contributed by atoms with van der Waals surface area (Å²) in [5, 5.41) is 8.32. The number of rotatable bonds is 3. The van der Waals surface area contributed by atoms with Crippen LogP contribution in [0.5, 0.6) is 0 Å². The molecular weight excluding hydrogens is 617 g/mol. The third-order valence-electron chi connectivity index (χ3n) is 9.99. The molecule has 11 rings (SSSR count). The average Bonchev–Trinajstić information content (AvgIpc) is 3.83. The van der Waals surface area contributed by atoms with Gasteiger partial charge in [0.25, 0.3) is 0 Å². The maximum absolute atomic E-state index is 6.61. The normalized spacial score (nSPS) is 12.1. The summed E-state index contributed by atoms with van der Waals surface area (Å²) in [6.45, 7) is 0. The van der Waals surface area contributed by atoms with Gasteiger partial charge in [-0.1, -0.05) is 109 Å². The van der Waals surface area contributed by atoms with Gasteiger partial charge in [-0.25, -0.2) is 4.98 Å². The lowest BCUT2D eigenvalue weighted by Crippen LogP contribution is -1.95. The van der Waals surface area contributed by atoms with Crippen molar-refractivity contribution < 1.29 is 4.42 Å². The molecule has 4 heterocycles. The summed E-state index contributed by atoms with van der Waals surface area (Å²) in [6.07, 6.45) is 0. The van der Waals surface area contributed by atoms with Crippen LogP contribution >= 0.6 is 11.3 Å². The fraction of sp³-hybridized carbons (Fsp3) is 0. The third kappa shape index (κ3) is 3.86. The molecular formula is C45H26N2OS. The van der Waals surface area contributed by atoms with Gasteiger partial charge >= 0.3 is 0 Å². The van der Waals surface area contributed by atoms with E-state index in [1.165, 1.54) is 48.3 Å². The fourth-order valence-electron chi connectivity index (χ4n) is 7.86. The lowest BCUT2D eigenvalue weighted by Gasteiger charge is -2.13. The van der Waals surface area contributed by atoms with Crippen LogP contribution in [0.2, 0.25) is 0 Å². The Kier molecular flexibility index (Phi) is 5.54. The van der Waals surface area contributed by atoms with E-state index in [9.17, 15) is 0 Å². The molecule has 4 heteroatoms. The van der Waals surface area contributed by atoms with Crippen LogP contribution in [0.15, 0.2) is 162 Å². The quantitative estimate of drug-likeness (QED) is 0.192. The highest BCUT2D eigenvalue weighted by molar-refractivity contribution is 7.25. The average molecular weight is 643 g/mol. The third-order valence-corrected chi connectivity index (χ3v) is 11.1. The van der Waals surface area contributed by atoms with Gasteiger partial charge in [0.2, 0.25) is 0 Å². The molecule has 0 aliphatic rings. The molecule has 7 aromatic carbocycles. The van der Waals surface area contributed by atoms with Crippen molar-refractivity contribution >= 4 is 86.3 Å². The number of pyridine rings is 1. The first-order valence-corrected chi connectivity index (χ1v) is 17.4. The van der Waals surface area contributed by atoms with Gasteiger partial charge < -0.3 is 8.98 Å². The van der Waals surface area contributed by atoms with Crippen molar-refractivity contribution in [1.82, 2.24) is 9.55 Å². The molecule has 0 saturated carbocycles. The Morgan fingerprint density at radius 3 is 2.12 bits per heavy atom. The minimum absolute atomic E-state index is 0.906. The fourth-order valence-corrected chi connectivity index (χ4v) is 8.95. The largest absolute Gasteiger partial charge is 0.454 e. The number of furan rings is 1. The Bertz CT molecular complexity index is 3120. The van der Waals surface area contributed by atoms with Crippen molar-refractivity contribution in [2.45, 2.75) is 0 Å². The van der Waals surface area contributed by atoms with Crippen LogP contribution < -0.4 is 0 Å². The number of nitrogens with zero attached hydrogens (tertiary/aromatic N) is 2. The lowest BCUT2D eigenvalue weighted by molar-refractivity contribution is 0.671. The first kappa shape index (κ1) is 26.8. The van der Waals surface area contributed by atoms with E-state index in [1.807, 2.05) is 6.07 Å². The van der Waals surface area contributed by atoms with E-state index in [4.69, 9.17) is 9.40 Å². The molecule has 0 radical (unpaired) electrons. The molecule has 0 unspecified atom stereocenters. The highest BCUT2D eigenvalue weighted by Gasteiger charge is 2.20. The van der Waals surface area contributed by atoms with Gasteiger partial charge in [-0.2, -0.15) is 0 Å². The second kappa shape index (κ2) is 10.1. The second-order valence-electron chi connectivity index (χ2n) is 12.7. The number of aromatic nitrogens is 2. The Hall–Kier alpha value is -6.23. The SMILES string of the molecule is c1cc(-c2cccc(-n3c4ccccc4c4ccc5c6ccccc6oc5c43)c2)cc(-c2c3ccccc3nc3sc4ccccc4c23)c1. The van der Waals surface area contributed by atoms with Gasteiger partial charge in [-0.05, 0) is 65.2 Å². The number of para-hydroxylation sites is 3. The summed E-state index contributed by atoms with van der Waals surface area (Å²) < 4.78 is 10.2. The molecule has 49 heavy (non-hydrogen) atoms. The zero-order valence-electron chi connectivity index (χ0n) is 26.2. The molecule has 0 spiro atoms. The molecule has 0 N–H and O–H groups in total. The van der Waals surface area contributed by atoms with Crippen molar-refractivity contribution in [3.8, 4) is 27.9 Å². The van der Waals surface area contributed by atoms with E-state index in [1.54, 1.807) is 11.3 Å². The number of thiophene rings is 1. The molecule has 0 fully saturated rings. The van der Waals surface area contributed by atoms with Crippen LogP contribution in [0.4, 0.5) is 0 Å². The molecule has 0 bridgehead atoms. The molecule has 3 nitrogen and oxygen atoms in total. The number of hydrogen-bond donors (Lipinski definition) is 0. The summed E-state index contributed by atoms with van der Waals surface area (Å²) in [7, 11) is 0. The number of benzene rings is 7. The first-order chi connectivity index (χ1) is 24.3.